The Hall–Kier alpha value is -2.14. The van der Waals surface area contributed by atoms with Crippen molar-refractivity contribution in [2.24, 2.45) is 0 Å². The lowest BCUT2D eigenvalue weighted by molar-refractivity contribution is 0.102. The minimum Gasteiger partial charge on any atom is -0.306 e. The van der Waals surface area contributed by atoms with Gasteiger partial charge in [0.15, 0.2) is 10.9 Å². The molecule has 0 amide bonds. The molecule has 1 aromatic heterocycles. The molecular formula is C17H15N3OS. The Morgan fingerprint density at radius 3 is 2.82 bits per heavy atom. The van der Waals surface area contributed by atoms with Gasteiger partial charge in [0.05, 0.1) is 5.75 Å². The van der Waals surface area contributed by atoms with Crippen molar-refractivity contribution >= 4 is 28.3 Å². The van der Waals surface area contributed by atoms with E-state index in [4.69, 9.17) is 0 Å². The van der Waals surface area contributed by atoms with Crippen LogP contribution < -0.4 is 0 Å². The lowest BCUT2D eigenvalue weighted by atomic mass is 10.1. The van der Waals surface area contributed by atoms with Gasteiger partial charge < -0.3 is 4.57 Å². The van der Waals surface area contributed by atoms with Gasteiger partial charge in [0.25, 0.3) is 0 Å². The van der Waals surface area contributed by atoms with E-state index in [0.717, 1.165) is 21.5 Å². The fraction of sp³-hybridized carbons (Fsp3) is 0.235. The van der Waals surface area contributed by atoms with Gasteiger partial charge in [0.2, 0.25) is 0 Å². The van der Waals surface area contributed by atoms with Crippen LogP contribution in [-0.2, 0) is 0 Å². The van der Waals surface area contributed by atoms with Crippen molar-refractivity contribution < 1.29 is 4.79 Å². The highest BCUT2D eigenvalue weighted by molar-refractivity contribution is 7.99. The molecule has 1 heterocycles. The third-order valence-corrected chi connectivity index (χ3v) is 4.84. The van der Waals surface area contributed by atoms with Crippen LogP contribution in [0.5, 0.6) is 0 Å². The number of hydrogen-bond donors (Lipinski definition) is 0. The van der Waals surface area contributed by atoms with Crippen molar-refractivity contribution in [3.8, 4) is 0 Å². The number of fused-ring (bicyclic) bond motifs is 1. The minimum absolute atomic E-state index is 0.126. The zero-order valence-electron chi connectivity index (χ0n) is 12.0. The number of thioether (sulfide) groups is 1. The predicted molar refractivity (Wildman–Crippen MR) is 87.3 cm³/mol. The van der Waals surface area contributed by atoms with Gasteiger partial charge in [-0.3, -0.25) is 4.79 Å². The van der Waals surface area contributed by atoms with Crippen LogP contribution in [0.1, 0.15) is 29.2 Å². The SMILES string of the molecule is O=C(CSc1nncn1C1CC1)c1ccc2ccccc2c1. The van der Waals surface area contributed by atoms with E-state index in [1.807, 2.05) is 36.4 Å². The van der Waals surface area contributed by atoms with Crippen molar-refractivity contribution in [2.75, 3.05) is 5.75 Å². The minimum atomic E-state index is 0.126. The third-order valence-electron chi connectivity index (χ3n) is 3.88. The molecule has 110 valence electrons. The van der Waals surface area contributed by atoms with Crippen LogP contribution in [0.15, 0.2) is 53.9 Å². The molecule has 0 aliphatic heterocycles. The van der Waals surface area contributed by atoms with Crippen molar-refractivity contribution in [1.82, 2.24) is 14.8 Å². The van der Waals surface area contributed by atoms with E-state index in [9.17, 15) is 4.79 Å². The largest absolute Gasteiger partial charge is 0.306 e. The van der Waals surface area contributed by atoms with Crippen LogP contribution in [0, 0.1) is 0 Å². The molecule has 4 nitrogen and oxygen atoms in total. The maximum atomic E-state index is 12.4. The van der Waals surface area contributed by atoms with E-state index in [-0.39, 0.29) is 5.78 Å². The smallest absolute Gasteiger partial charge is 0.191 e. The number of Topliss-reactive ketones (excluding diaryl/α,β-unsaturated/α-hetero) is 1. The molecule has 5 heteroatoms. The second kappa shape index (κ2) is 5.57. The average molecular weight is 309 g/mol. The lowest BCUT2D eigenvalue weighted by Crippen LogP contribution is -2.04. The molecule has 0 radical (unpaired) electrons. The Kier molecular flexibility index (Phi) is 3.42. The summed E-state index contributed by atoms with van der Waals surface area (Å²) in [6.45, 7) is 0. The number of ketones is 1. The van der Waals surface area contributed by atoms with Gasteiger partial charge in [-0.25, -0.2) is 0 Å². The standard InChI is InChI=1S/C17H15N3OS/c21-16(10-22-17-19-18-11-20(17)15-7-8-15)14-6-5-12-3-1-2-4-13(12)9-14/h1-6,9,11,15H,7-8,10H2. The molecular weight excluding hydrogens is 294 g/mol. The maximum Gasteiger partial charge on any atom is 0.191 e. The highest BCUT2D eigenvalue weighted by Crippen LogP contribution is 2.37. The summed E-state index contributed by atoms with van der Waals surface area (Å²) in [5, 5.41) is 11.2. The van der Waals surface area contributed by atoms with Gasteiger partial charge in [-0.05, 0) is 29.7 Å². The monoisotopic (exact) mass is 309 g/mol. The first-order valence-corrected chi connectivity index (χ1v) is 8.34. The van der Waals surface area contributed by atoms with Gasteiger partial charge >= 0.3 is 0 Å². The Balaban J connectivity index is 1.49. The summed E-state index contributed by atoms with van der Waals surface area (Å²) in [5.74, 6) is 0.519. The first kappa shape index (κ1) is 13.5. The number of carbonyl (C=O) groups is 1. The summed E-state index contributed by atoms with van der Waals surface area (Å²) < 4.78 is 2.08. The Morgan fingerprint density at radius 1 is 1.18 bits per heavy atom. The van der Waals surface area contributed by atoms with Crippen molar-refractivity contribution in [3.63, 3.8) is 0 Å². The molecule has 1 aliphatic rings. The fourth-order valence-corrected chi connectivity index (χ4v) is 3.39. The van der Waals surface area contributed by atoms with Gasteiger partial charge in [-0.15, -0.1) is 10.2 Å². The van der Waals surface area contributed by atoms with Gasteiger partial charge in [-0.2, -0.15) is 0 Å². The molecule has 1 aliphatic carbocycles. The predicted octanol–water partition coefficient (Wildman–Crippen LogP) is 3.74. The van der Waals surface area contributed by atoms with Crippen molar-refractivity contribution in [3.05, 3.63) is 54.4 Å². The van der Waals surface area contributed by atoms with E-state index in [1.165, 1.54) is 24.6 Å². The van der Waals surface area contributed by atoms with E-state index in [1.54, 1.807) is 6.33 Å². The topological polar surface area (TPSA) is 47.8 Å². The summed E-state index contributed by atoms with van der Waals surface area (Å²) >= 11 is 1.47. The van der Waals surface area contributed by atoms with Crippen LogP contribution in [0.25, 0.3) is 10.8 Å². The zero-order chi connectivity index (χ0) is 14.9. The number of carbonyl (C=O) groups excluding carboxylic acids is 1. The fourth-order valence-electron chi connectivity index (χ4n) is 2.51. The summed E-state index contributed by atoms with van der Waals surface area (Å²) in [7, 11) is 0. The van der Waals surface area contributed by atoms with Gasteiger partial charge in [0, 0.05) is 11.6 Å². The molecule has 0 unspecified atom stereocenters. The molecule has 0 atom stereocenters. The Bertz CT molecular complexity index is 839. The molecule has 0 N–H and O–H groups in total. The second-order valence-corrected chi connectivity index (χ2v) is 6.47. The first-order chi connectivity index (χ1) is 10.8. The Morgan fingerprint density at radius 2 is 2.00 bits per heavy atom. The number of rotatable bonds is 5. The van der Waals surface area contributed by atoms with Gasteiger partial charge in [-0.1, -0.05) is 48.2 Å². The Labute approximate surface area is 132 Å². The van der Waals surface area contributed by atoms with E-state index in [0.29, 0.717) is 11.8 Å². The molecule has 1 fully saturated rings. The number of nitrogens with zero attached hydrogens (tertiary/aromatic N) is 3. The van der Waals surface area contributed by atoms with E-state index in [2.05, 4.69) is 20.8 Å². The second-order valence-electron chi connectivity index (χ2n) is 5.53. The summed E-state index contributed by atoms with van der Waals surface area (Å²) in [5.41, 5.74) is 0.753. The number of benzene rings is 2. The molecule has 1 saturated carbocycles. The van der Waals surface area contributed by atoms with Crippen LogP contribution in [-0.4, -0.2) is 26.3 Å². The van der Waals surface area contributed by atoms with Crippen molar-refractivity contribution in [1.29, 1.82) is 0 Å². The third kappa shape index (κ3) is 2.64. The van der Waals surface area contributed by atoms with Crippen molar-refractivity contribution in [2.45, 2.75) is 24.0 Å². The van der Waals surface area contributed by atoms with E-state index < -0.39 is 0 Å². The van der Waals surface area contributed by atoms with Crippen LogP contribution in [0.2, 0.25) is 0 Å². The number of hydrogen-bond acceptors (Lipinski definition) is 4. The summed E-state index contributed by atoms with van der Waals surface area (Å²) in [4.78, 5) is 12.4. The summed E-state index contributed by atoms with van der Waals surface area (Å²) in [6.07, 6.45) is 4.13. The molecule has 0 saturated heterocycles. The molecule has 3 aromatic rings. The van der Waals surface area contributed by atoms with Crippen LogP contribution in [0.3, 0.4) is 0 Å². The molecule has 2 aromatic carbocycles. The average Bonchev–Trinajstić information content (AvgIpc) is 3.30. The highest BCUT2D eigenvalue weighted by atomic mass is 32.2. The van der Waals surface area contributed by atoms with Crippen LogP contribution in [0.4, 0.5) is 0 Å². The van der Waals surface area contributed by atoms with E-state index >= 15 is 0 Å². The zero-order valence-corrected chi connectivity index (χ0v) is 12.8. The first-order valence-electron chi connectivity index (χ1n) is 7.35. The normalized spacial score (nSPS) is 14.4. The molecule has 0 spiro atoms. The van der Waals surface area contributed by atoms with Gasteiger partial charge in [0.1, 0.15) is 6.33 Å². The molecule has 0 bridgehead atoms. The number of aromatic nitrogens is 3. The summed E-state index contributed by atoms with van der Waals surface area (Å²) in [6, 6.07) is 14.5. The highest BCUT2D eigenvalue weighted by Gasteiger charge is 2.26. The molecule has 4 rings (SSSR count). The maximum absolute atomic E-state index is 12.4. The van der Waals surface area contributed by atoms with Crippen LogP contribution >= 0.6 is 11.8 Å². The quantitative estimate of drug-likeness (QED) is 0.532. The molecule has 22 heavy (non-hydrogen) atoms. The lowest BCUT2D eigenvalue weighted by Gasteiger charge is -2.05.